The highest BCUT2D eigenvalue weighted by Crippen LogP contribution is 2.22. The zero-order valence-electron chi connectivity index (χ0n) is 10.4. The molecule has 1 atom stereocenters. The Kier molecular flexibility index (Phi) is 3.47. The van der Waals surface area contributed by atoms with Gasteiger partial charge in [0.25, 0.3) is 0 Å². The van der Waals surface area contributed by atoms with Crippen molar-refractivity contribution < 1.29 is 4.79 Å². The van der Waals surface area contributed by atoms with Crippen molar-refractivity contribution in [2.45, 2.75) is 45.3 Å². The number of carbonyl (C=O) groups is 1. The molecule has 3 N–H and O–H groups in total. The fourth-order valence-corrected chi connectivity index (χ4v) is 2.04. The van der Waals surface area contributed by atoms with Gasteiger partial charge in [-0.25, -0.2) is 4.98 Å². The quantitative estimate of drug-likeness (QED) is 0.768. The van der Waals surface area contributed by atoms with E-state index >= 15 is 0 Å². The molecule has 1 aromatic heterocycles. The summed E-state index contributed by atoms with van der Waals surface area (Å²) in [4.78, 5) is 15.6. The molecule has 0 spiro atoms. The monoisotopic (exact) mass is 236 g/mol. The molecule has 1 fully saturated rings. The molecule has 1 amide bonds. The number of amides is 1. The highest BCUT2D eigenvalue weighted by atomic mass is 16.1. The third kappa shape index (κ3) is 2.85. The molecule has 17 heavy (non-hydrogen) atoms. The van der Waals surface area contributed by atoms with Crippen LogP contribution in [0.2, 0.25) is 0 Å². The smallest absolute Gasteiger partial charge is 0.240 e. The van der Waals surface area contributed by atoms with Crippen LogP contribution in [0.5, 0.6) is 0 Å². The van der Waals surface area contributed by atoms with Crippen LogP contribution in [0.3, 0.4) is 0 Å². The van der Waals surface area contributed by atoms with Crippen LogP contribution >= 0.6 is 0 Å². The SMILES string of the molecule is CC(C)C(C(N)=O)n1cncc1CNC1CC1. The van der Waals surface area contributed by atoms with Crippen LogP contribution in [0.1, 0.15) is 38.4 Å². The van der Waals surface area contributed by atoms with E-state index in [4.69, 9.17) is 5.73 Å². The predicted octanol–water partition coefficient (Wildman–Crippen LogP) is 0.817. The van der Waals surface area contributed by atoms with E-state index in [1.807, 2.05) is 18.4 Å². The van der Waals surface area contributed by atoms with Gasteiger partial charge in [-0.15, -0.1) is 0 Å². The maximum atomic E-state index is 11.5. The molecule has 0 aliphatic heterocycles. The first kappa shape index (κ1) is 12.1. The summed E-state index contributed by atoms with van der Waals surface area (Å²) >= 11 is 0. The molecule has 1 aliphatic rings. The normalized spacial score (nSPS) is 17.4. The molecule has 94 valence electrons. The molecule has 1 saturated carbocycles. The third-order valence-electron chi connectivity index (χ3n) is 3.12. The average molecular weight is 236 g/mol. The van der Waals surface area contributed by atoms with Crippen molar-refractivity contribution in [3.05, 3.63) is 18.2 Å². The second-order valence-electron chi connectivity index (χ2n) is 5.04. The summed E-state index contributed by atoms with van der Waals surface area (Å²) in [5.74, 6) is -0.132. The maximum Gasteiger partial charge on any atom is 0.240 e. The number of nitrogens with one attached hydrogen (secondary N) is 1. The van der Waals surface area contributed by atoms with Gasteiger partial charge in [-0.05, 0) is 18.8 Å². The molecule has 1 aliphatic carbocycles. The molecule has 1 unspecified atom stereocenters. The summed E-state index contributed by atoms with van der Waals surface area (Å²) in [6.45, 7) is 4.74. The van der Waals surface area contributed by atoms with Crippen molar-refractivity contribution >= 4 is 5.91 Å². The molecule has 0 radical (unpaired) electrons. The van der Waals surface area contributed by atoms with Crippen molar-refractivity contribution in [1.29, 1.82) is 0 Å². The third-order valence-corrected chi connectivity index (χ3v) is 3.12. The van der Waals surface area contributed by atoms with Gasteiger partial charge in [-0.2, -0.15) is 0 Å². The van der Waals surface area contributed by atoms with Gasteiger partial charge in [0, 0.05) is 18.8 Å². The number of nitrogens with zero attached hydrogens (tertiary/aromatic N) is 2. The number of hydrogen-bond donors (Lipinski definition) is 2. The standard InChI is InChI=1S/C12H20N4O/c1-8(2)11(12(13)17)16-7-14-5-10(16)6-15-9-3-4-9/h5,7-9,11,15H,3-4,6H2,1-2H3,(H2,13,17). The number of nitrogens with two attached hydrogens (primary N) is 1. The summed E-state index contributed by atoms with van der Waals surface area (Å²) in [6.07, 6.45) is 5.99. The van der Waals surface area contributed by atoms with Gasteiger partial charge in [-0.1, -0.05) is 13.8 Å². The van der Waals surface area contributed by atoms with Crippen LogP contribution in [0.25, 0.3) is 0 Å². The summed E-state index contributed by atoms with van der Waals surface area (Å²) < 4.78 is 1.89. The first-order valence-corrected chi connectivity index (χ1v) is 6.13. The van der Waals surface area contributed by atoms with Crippen molar-refractivity contribution in [2.75, 3.05) is 0 Å². The molecule has 0 saturated heterocycles. The molecule has 1 heterocycles. The molecular formula is C12H20N4O. The minimum atomic E-state index is -0.312. The predicted molar refractivity (Wildman–Crippen MR) is 65.2 cm³/mol. The Bertz CT molecular complexity index is 395. The Balaban J connectivity index is 2.11. The molecule has 1 aromatic rings. The first-order valence-electron chi connectivity index (χ1n) is 6.13. The minimum absolute atomic E-state index is 0.168. The van der Waals surface area contributed by atoms with Crippen LogP contribution in [-0.2, 0) is 11.3 Å². The number of carbonyl (C=O) groups excluding carboxylic acids is 1. The van der Waals surface area contributed by atoms with Crippen molar-refractivity contribution in [1.82, 2.24) is 14.9 Å². The number of rotatable bonds is 6. The van der Waals surface area contributed by atoms with E-state index in [9.17, 15) is 4.79 Å². The summed E-state index contributed by atoms with van der Waals surface area (Å²) in [7, 11) is 0. The van der Waals surface area contributed by atoms with Crippen molar-refractivity contribution in [2.24, 2.45) is 11.7 Å². The van der Waals surface area contributed by atoms with E-state index in [-0.39, 0.29) is 17.9 Å². The second-order valence-corrected chi connectivity index (χ2v) is 5.04. The van der Waals surface area contributed by atoms with Gasteiger partial charge in [0.05, 0.1) is 12.0 Å². The minimum Gasteiger partial charge on any atom is -0.368 e. The lowest BCUT2D eigenvalue weighted by molar-refractivity contribution is -0.122. The highest BCUT2D eigenvalue weighted by Gasteiger charge is 2.25. The van der Waals surface area contributed by atoms with E-state index < -0.39 is 0 Å². The number of hydrogen-bond acceptors (Lipinski definition) is 3. The lowest BCUT2D eigenvalue weighted by Gasteiger charge is -2.21. The Morgan fingerprint density at radius 2 is 2.35 bits per heavy atom. The van der Waals surface area contributed by atoms with Crippen molar-refractivity contribution in [3.8, 4) is 0 Å². The Morgan fingerprint density at radius 1 is 1.65 bits per heavy atom. The van der Waals surface area contributed by atoms with E-state index in [1.54, 1.807) is 12.5 Å². The Labute approximate surface area is 101 Å². The van der Waals surface area contributed by atoms with Crippen LogP contribution in [0.4, 0.5) is 0 Å². The molecule has 2 rings (SSSR count). The number of imidazole rings is 1. The summed E-state index contributed by atoms with van der Waals surface area (Å²) in [6, 6.07) is 0.331. The van der Waals surface area contributed by atoms with Crippen molar-refractivity contribution in [3.63, 3.8) is 0 Å². The zero-order chi connectivity index (χ0) is 12.4. The molecule has 5 nitrogen and oxygen atoms in total. The fraction of sp³-hybridized carbons (Fsp3) is 0.667. The van der Waals surface area contributed by atoms with Gasteiger partial charge >= 0.3 is 0 Å². The van der Waals surface area contributed by atoms with E-state index in [1.165, 1.54) is 12.8 Å². The molecule has 0 bridgehead atoms. The topological polar surface area (TPSA) is 72.9 Å². The first-order chi connectivity index (χ1) is 8.09. The summed E-state index contributed by atoms with van der Waals surface area (Å²) in [5.41, 5.74) is 6.48. The number of aromatic nitrogens is 2. The zero-order valence-corrected chi connectivity index (χ0v) is 10.4. The lowest BCUT2D eigenvalue weighted by atomic mass is 10.0. The van der Waals surface area contributed by atoms with Gasteiger partial charge in [0.1, 0.15) is 6.04 Å². The largest absolute Gasteiger partial charge is 0.368 e. The molecular weight excluding hydrogens is 216 g/mol. The fourth-order valence-electron chi connectivity index (χ4n) is 2.04. The molecule has 0 aromatic carbocycles. The van der Waals surface area contributed by atoms with E-state index in [0.717, 1.165) is 12.2 Å². The van der Waals surface area contributed by atoms with Crippen LogP contribution in [-0.4, -0.2) is 21.5 Å². The van der Waals surface area contributed by atoms with Gasteiger partial charge < -0.3 is 15.6 Å². The number of primary amides is 1. The van der Waals surface area contributed by atoms with Gasteiger partial charge in [0.2, 0.25) is 5.91 Å². The Hall–Kier alpha value is -1.36. The van der Waals surface area contributed by atoms with Crippen LogP contribution in [0.15, 0.2) is 12.5 Å². The maximum absolute atomic E-state index is 11.5. The van der Waals surface area contributed by atoms with Crippen LogP contribution in [0, 0.1) is 5.92 Å². The molecule has 5 heteroatoms. The summed E-state index contributed by atoms with van der Waals surface area (Å²) in [5, 5.41) is 3.42. The highest BCUT2D eigenvalue weighted by molar-refractivity contribution is 5.78. The average Bonchev–Trinajstić information content (AvgIpc) is 2.96. The lowest BCUT2D eigenvalue weighted by Crippen LogP contribution is -2.32. The van der Waals surface area contributed by atoms with Crippen LogP contribution < -0.4 is 11.1 Å². The van der Waals surface area contributed by atoms with E-state index in [2.05, 4.69) is 10.3 Å². The Morgan fingerprint density at radius 3 is 2.88 bits per heavy atom. The second kappa shape index (κ2) is 4.87. The van der Waals surface area contributed by atoms with Gasteiger partial charge in [0.15, 0.2) is 0 Å². The van der Waals surface area contributed by atoms with E-state index in [0.29, 0.717) is 6.04 Å². The van der Waals surface area contributed by atoms with Gasteiger partial charge in [-0.3, -0.25) is 4.79 Å².